The highest BCUT2D eigenvalue weighted by Gasteiger charge is 2.21. The predicted octanol–water partition coefficient (Wildman–Crippen LogP) is 2.64. The van der Waals surface area contributed by atoms with Gasteiger partial charge in [0.1, 0.15) is 5.57 Å². The molecule has 5 heteroatoms. The molecule has 4 nitrogen and oxygen atoms in total. The molecule has 0 saturated carbocycles. The number of ether oxygens (including phenoxy) is 1. The van der Waals surface area contributed by atoms with Crippen LogP contribution in [0.25, 0.3) is 0 Å². The Hall–Kier alpha value is -1.62. The summed E-state index contributed by atoms with van der Waals surface area (Å²) < 4.78 is 5.78. The van der Waals surface area contributed by atoms with Crippen molar-refractivity contribution in [2.75, 3.05) is 20.7 Å². The highest BCUT2D eigenvalue weighted by Crippen LogP contribution is 2.15. The molecule has 1 rings (SSSR count). The number of rotatable bonds is 5. The number of nitrogens with zero attached hydrogens (tertiary/aromatic N) is 1. The summed E-state index contributed by atoms with van der Waals surface area (Å²) in [5, 5.41) is 0. The number of hydrogen-bond acceptors (Lipinski definition) is 4. The second-order valence-corrected chi connectivity index (χ2v) is 4.98. The van der Waals surface area contributed by atoms with Gasteiger partial charge < -0.3 is 9.64 Å². The van der Waals surface area contributed by atoms with Gasteiger partial charge in [-0.05, 0) is 31.2 Å². The SMILES string of the molecule is CCOC(=O)C(=CN(C)C)C(=O)c1ccc(Br)cc1. The van der Waals surface area contributed by atoms with Crippen molar-refractivity contribution in [3.63, 3.8) is 0 Å². The third-order valence-corrected chi connectivity index (χ3v) is 2.76. The summed E-state index contributed by atoms with van der Waals surface area (Å²) in [5.41, 5.74) is 0.471. The Morgan fingerprint density at radius 3 is 2.32 bits per heavy atom. The first kappa shape index (κ1) is 15.4. The van der Waals surface area contributed by atoms with Crippen molar-refractivity contribution >= 4 is 27.7 Å². The predicted molar refractivity (Wildman–Crippen MR) is 76.9 cm³/mol. The number of halogens is 1. The fourth-order valence-electron chi connectivity index (χ4n) is 1.43. The molecule has 0 spiro atoms. The minimum atomic E-state index is -0.607. The van der Waals surface area contributed by atoms with Gasteiger partial charge in [-0.3, -0.25) is 4.79 Å². The zero-order valence-electron chi connectivity index (χ0n) is 11.1. The zero-order valence-corrected chi connectivity index (χ0v) is 12.7. The molecular weight excluding hydrogens is 310 g/mol. The highest BCUT2D eigenvalue weighted by molar-refractivity contribution is 9.10. The molecule has 0 aliphatic heterocycles. The smallest absolute Gasteiger partial charge is 0.343 e. The van der Waals surface area contributed by atoms with E-state index in [4.69, 9.17) is 4.74 Å². The van der Waals surface area contributed by atoms with Crippen LogP contribution in [-0.2, 0) is 9.53 Å². The van der Waals surface area contributed by atoms with Gasteiger partial charge in [0.2, 0.25) is 5.78 Å². The Labute approximate surface area is 121 Å². The Balaban J connectivity index is 3.08. The third-order valence-electron chi connectivity index (χ3n) is 2.23. The first-order chi connectivity index (χ1) is 8.95. The number of benzene rings is 1. The van der Waals surface area contributed by atoms with E-state index in [9.17, 15) is 9.59 Å². The normalized spacial score (nSPS) is 11.1. The minimum absolute atomic E-state index is 0.0224. The van der Waals surface area contributed by atoms with Crippen molar-refractivity contribution in [2.24, 2.45) is 0 Å². The molecule has 0 saturated heterocycles. The standard InChI is InChI=1S/C14H16BrNO3/c1-4-19-14(18)12(9-16(2)3)13(17)10-5-7-11(15)8-6-10/h5-9H,4H2,1-3H3. The summed E-state index contributed by atoms with van der Waals surface area (Å²) >= 11 is 3.30. The summed E-state index contributed by atoms with van der Waals surface area (Å²) in [7, 11) is 3.49. The van der Waals surface area contributed by atoms with Crippen LogP contribution in [0.2, 0.25) is 0 Å². The van der Waals surface area contributed by atoms with Crippen molar-refractivity contribution in [1.82, 2.24) is 4.90 Å². The molecular formula is C14H16BrNO3. The fraction of sp³-hybridized carbons (Fsp3) is 0.286. The summed E-state index contributed by atoms with van der Waals surface area (Å²) in [6.07, 6.45) is 1.47. The van der Waals surface area contributed by atoms with Crippen LogP contribution in [0.15, 0.2) is 40.5 Å². The Bertz CT molecular complexity index is 492. The van der Waals surface area contributed by atoms with Crippen LogP contribution in [-0.4, -0.2) is 37.4 Å². The van der Waals surface area contributed by atoms with Crippen LogP contribution in [0.5, 0.6) is 0 Å². The summed E-state index contributed by atoms with van der Waals surface area (Å²) in [6, 6.07) is 6.83. The van der Waals surface area contributed by atoms with E-state index in [1.54, 1.807) is 50.2 Å². The molecule has 1 aromatic carbocycles. The molecule has 1 aromatic rings. The van der Waals surface area contributed by atoms with Crippen molar-refractivity contribution in [1.29, 1.82) is 0 Å². The molecule has 0 bridgehead atoms. The lowest BCUT2D eigenvalue weighted by atomic mass is 10.0. The third kappa shape index (κ3) is 4.52. The Morgan fingerprint density at radius 1 is 1.26 bits per heavy atom. The number of hydrogen-bond donors (Lipinski definition) is 0. The quantitative estimate of drug-likeness (QED) is 0.274. The second kappa shape index (κ2) is 7.09. The van der Waals surface area contributed by atoms with E-state index in [-0.39, 0.29) is 18.0 Å². The minimum Gasteiger partial charge on any atom is -0.462 e. The topological polar surface area (TPSA) is 46.6 Å². The number of Topliss-reactive ketones (excluding diaryl/α,β-unsaturated/α-hetero) is 1. The maximum absolute atomic E-state index is 12.3. The van der Waals surface area contributed by atoms with Gasteiger partial charge >= 0.3 is 5.97 Å². The van der Waals surface area contributed by atoms with Crippen molar-refractivity contribution in [2.45, 2.75) is 6.92 Å². The summed E-state index contributed by atoms with van der Waals surface area (Å²) in [4.78, 5) is 25.8. The lowest BCUT2D eigenvalue weighted by Gasteiger charge is -2.10. The van der Waals surface area contributed by atoms with E-state index in [0.29, 0.717) is 5.56 Å². The van der Waals surface area contributed by atoms with Crippen LogP contribution in [0.1, 0.15) is 17.3 Å². The molecule has 0 amide bonds. The summed E-state index contributed by atoms with van der Waals surface area (Å²) in [5.74, 6) is -0.955. The molecule has 0 aliphatic rings. The van der Waals surface area contributed by atoms with Crippen LogP contribution >= 0.6 is 15.9 Å². The van der Waals surface area contributed by atoms with Crippen molar-refractivity contribution in [3.05, 3.63) is 46.1 Å². The lowest BCUT2D eigenvalue weighted by molar-refractivity contribution is -0.138. The molecule has 0 fully saturated rings. The van der Waals surface area contributed by atoms with Gasteiger partial charge in [-0.25, -0.2) is 4.79 Å². The molecule has 0 heterocycles. The maximum atomic E-state index is 12.3. The van der Waals surface area contributed by atoms with Gasteiger partial charge in [0.05, 0.1) is 6.61 Å². The van der Waals surface area contributed by atoms with Gasteiger partial charge in [0.15, 0.2) is 0 Å². The molecule has 0 radical (unpaired) electrons. The van der Waals surface area contributed by atoms with E-state index in [2.05, 4.69) is 15.9 Å². The first-order valence-corrected chi connectivity index (χ1v) is 6.60. The molecule has 0 aliphatic carbocycles. The Kier molecular flexibility index (Phi) is 5.76. The molecule has 102 valence electrons. The van der Waals surface area contributed by atoms with Crippen LogP contribution in [0.4, 0.5) is 0 Å². The average Bonchev–Trinajstić information content (AvgIpc) is 2.36. The van der Waals surface area contributed by atoms with Gasteiger partial charge in [0.25, 0.3) is 0 Å². The van der Waals surface area contributed by atoms with E-state index < -0.39 is 5.97 Å². The number of carbonyl (C=O) groups excluding carboxylic acids is 2. The van der Waals surface area contributed by atoms with Gasteiger partial charge in [0, 0.05) is 30.3 Å². The van der Waals surface area contributed by atoms with Gasteiger partial charge in [-0.2, -0.15) is 0 Å². The van der Waals surface area contributed by atoms with Crippen LogP contribution in [0, 0.1) is 0 Å². The maximum Gasteiger partial charge on any atom is 0.343 e. The molecule has 0 N–H and O–H groups in total. The lowest BCUT2D eigenvalue weighted by Crippen LogP contribution is -2.19. The fourth-order valence-corrected chi connectivity index (χ4v) is 1.69. The van der Waals surface area contributed by atoms with E-state index in [0.717, 1.165) is 4.47 Å². The zero-order chi connectivity index (χ0) is 14.4. The second-order valence-electron chi connectivity index (χ2n) is 4.06. The molecule has 0 atom stereocenters. The monoisotopic (exact) mass is 325 g/mol. The highest BCUT2D eigenvalue weighted by atomic mass is 79.9. The molecule has 19 heavy (non-hydrogen) atoms. The van der Waals surface area contributed by atoms with Gasteiger partial charge in [-0.1, -0.05) is 15.9 Å². The summed E-state index contributed by atoms with van der Waals surface area (Å²) in [6.45, 7) is 1.94. The van der Waals surface area contributed by atoms with Crippen LogP contribution in [0.3, 0.4) is 0 Å². The van der Waals surface area contributed by atoms with Crippen molar-refractivity contribution in [3.8, 4) is 0 Å². The number of esters is 1. The Morgan fingerprint density at radius 2 is 1.84 bits per heavy atom. The molecule has 0 aromatic heterocycles. The average molecular weight is 326 g/mol. The van der Waals surface area contributed by atoms with Crippen LogP contribution < -0.4 is 0 Å². The van der Waals surface area contributed by atoms with E-state index >= 15 is 0 Å². The first-order valence-electron chi connectivity index (χ1n) is 5.81. The van der Waals surface area contributed by atoms with Gasteiger partial charge in [-0.15, -0.1) is 0 Å². The van der Waals surface area contributed by atoms with E-state index in [1.165, 1.54) is 6.20 Å². The largest absolute Gasteiger partial charge is 0.462 e. The van der Waals surface area contributed by atoms with E-state index in [1.807, 2.05) is 0 Å². The number of carbonyl (C=O) groups is 2. The van der Waals surface area contributed by atoms with Crippen molar-refractivity contribution < 1.29 is 14.3 Å². The molecule has 0 unspecified atom stereocenters. The number of ketones is 1.